The number of nitrogens with one attached hydrogen (secondary N) is 2. The molecule has 0 saturated carbocycles. The van der Waals surface area contributed by atoms with Gasteiger partial charge in [-0.1, -0.05) is 0 Å². The molecule has 7 heteroatoms. The van der Waals surface area contributed by atoms with Crippen molar-refractivity contribution in [1.29, 1.82) is 0 Å². The molecule has 122 valence electrons. The van der Waals surface area contributed by atoms with Crippen LogP contribution in [0.4, 0.5) is 0 Å². The number of halogens is 1. The largest absolute Gasteiger partial charge is 0.384 e. The molecule has 2 aromatic heterocycles. The van der Waals surface area contributed by atoms with Crippen LogP contribution >= 0.6 is 35.3 Å². The molecule has 0 saturated heterocycles. The van der Waals surface area contributed by atoms with Crippen molar-refractivity contribution in [2.75, 3.05) is 13.6 Å². The van der Waals surface area contributed by atoms with Crippen molar-refractivity contribution in [3.05, 3.63) is 46.4 Å². The second-order valence-corrected chi connectivity index (χ2v) is 6.03. The van der Waals surface area contributed by atoms with E-state index in [0.717, 1.165) is 5.56 Å². The quantitative estimate of drug-likeness (QED) is 0.385. The van der Waals surface area contributed by atoms with Crippen molar-refractivity contribution in [1.82, 2.24) is 15.2 Å². The summed E-state index contributed by atoms with van der Waals surface area (Å²) in [6.45, 7) is 2.89. The molecule has 0 spiro atoms. The van der Waals surface area contributed by atoms with Crippen LogP contribution in [0.25, 0.3) is 0 Å². The van der Waals surface area contributed by atoms with Gasteiger partial charge in [-0.15, -0.1) is 24.0 Å². The van der Waals surface area contributed by atoms with Crippen LogP contribution in [0.2, 0.25) is 0 Å². The number of thiophene rings is 1. The van der Waals surface area contributed by atoms with Crippen LogP contribution in [0.1, 0.15) is 18.1 Å². The minimum atomic E-state index is -0.912. The zero-order chi connectivity index (χ0) is 15.3. The molecule has 2 heterocycles. The summed E-state index contributed by atoms with van der Waals surface area (Å²) in [4.78, 5) is 4.17. The Labute approximate surface area is 152 Å². The third kappa shape index (κ3) is 5.29. The number of hydrogen-bond acceptors (Lipinski definition) is 3. The lowest BCUT2D eigenvalue weighted by atomic mass is 9.99. The van der Waals surface area contributed by atoms with E-state index in [1.165, 1.54) is 5.56 Å². The van der Waals surface area contributed by atoms with Gasteiger partial charge in [-0.2, -0.15) is 11.3 Å². The van der Waals surface area contributed by atoms with Gasteiger partial charge in [-0.3, -0.25) is 4.99 Å². The highest BCUT2D eigenvalue weighted by Crippen LogP contribution is 2.21. The maximum Gasteiger partial charge on any atom is 0.191 e. The zero-order valence-electron chi connectivity index (χ0n) is 13.0. The molecular formula is C15H23IN4OS. The number of aryl methyl sites for hydroxylation is 1. The van der Waals surface area contributed by atoms with Crippen molar-refractivity contribution in [3.8, 4) is 0 Å². The Morgan fingerprint density at radius 3 is 2.73 bits per heavy atom. The van der Waals surface area contributed by atoms with Crippen molar-refractivity contribution in [2.24, 2.45) is 12.0 Å². The lowest BCUT2D eigenvalue weighted by Gasteiger charge is -2.24. The maximum absolute atomic E-state index is 10.5. The Bertz CT molecular complexity index is 592. The van der Waals surface area contributed by atoms with E-state index in [0.29, 0.717) is 19.0 Å². The minimum absolute atomic E-state index is 0. The van der Waals surface area contributed by atoms with Crippen LogP contribution in [0.5, 0.6) is 0 Å². The van der Waals surface area contributed by atoms with E-state index in [1.54, 1.807) is 25.3 Å². The van der Waals surface area contributed by atoms with E-state index in [2.05, 4.69) is 27.9 Å². The third-order valence-electron chi connectivity index (χ3n) is 3.32. The molecule has 0 radical (unpaired) electrons. The number of hydrogen-bond donors (Lipinski definition) is 3. The van der Waals surface area contributed by atoms with Crippen LogP contribution in [0.3, 0.4) is 0 Å². The van der Waals surface area contributed by atoms with E-state index < -0.39 is 5.60 Å². The van der Waals surface area contributed by atoms with E-state index in [1.807, 2.05) is 34.6 Å². The summed E-state index contributed by atoms with van der Waals surface area (Å²) >= 11 is 1.58. The highest BCUT2D eigenvalue weighted by molar-refractivity contribution is 14.0. The summed E-state index contributed by atoms with van der Waals surface area (Å²) in [7, 11) is 3.72. The fraction of sp³-hybridized carbons (Fsp3) is 0.400. The normalized spacial score (nSPS) is 14.1. The van der Waals surface area contributed by atoms with Gasteiger partial charge in [0.1, 0.15) is 5.60 Å². The number of aliphatic imine (C=N–C) groups is 1. The number of guanidine groups is 1. The Morgan fingerprint density at radius 2 is 2.18 bits per heavy atom. The molecule has 0 aliphatic carbocycles. The molecule has 22 heavy (non-hydrogen) atoms. The SMILES string of the molecule is CN=C(NCc1ccn(C)c1)NCC(C)(O)c1ccsc1.I. The van der Waals surface area contributed by atoms with Crippen molar-refractivity contribution in [2.45, 2.75) is 19.1 Å². The van der Waals surface area contributed by atoms with Gasteiger partial charge in [0, 0.05) is 33.0 Å². The second-order valence-electron chi connectivity index (χ2n) is 5.25. The first-order valence-corrected chi connectivity index (χ1v) is 7.76. The molecule has 0 aliphatic heterocycles. The Balaban J connectivity index is 0.00000242. The van der Waals surface area contributed by atoms with Gasteiger partial charge in [0.15, 0.2) is 5.96 Å². The number of nitrogens with zero attached hydrogens (tertiary/aromatic N) is 2. The first-order valence-electron chi connectivity index (χ1n) is 6.82. The summed E-state index contributed by atoms with van der Waals surface area (Å²) in [6.07, 6.45) is 4.07. The molecule has 0 amide bonds. The molecule has 0 bridgehead atoms. The first kappa shape index (κ1) is 19.0. The smallest absolute Gasteiger partial charge is 0.191 e. The molecule has 5 nitrogen and oxygen atoms in total. The molecule has 2 rings (SSSR count). The van der Waals surface area contributed by atoms with Gasteiger partial charge < -0.3 is 20.3 Å². The van der Waals surface area contributed by atoms with Crippen LogP contribution in [-0.2, 0) is 19.2 Å². The third-order valence-corrected chi connectivity index (χ3v) is 4.00. The Kier molecular flexibility index (Phi) is 7.37. The molecule has 3 N–H and O–H groups in total. The molecule has 0 fully saturated rings. The average molecular weight is 434 g/mol. The predicted octanol–water partition coefficient (Wildman–Crippen LogP) is 2.28. The molecule has 1 atom stereocenters. The second kappa shape index (κ2) is 8.54. The molecular weight excluding hydrogens is 411 g/mol. The van der Waals surface area contributed by atoms with Crippen molar-refractivity contribution < 1.29 is 5.11 Å². The highest BCUT2D eigenvalue weighted by atomic mass is 127. The standard InChI is InChI=1S/C15H22N4OS.HI/c1-15(20,13-5-7-21-10-13)11-18-14(16-2)17-8-12-4-6-19(3)9-12;/h4-7,9-10,20H,8,11H2,1-3H3,(H2,16,17,18);1H. The fourth-order valence-corrected chi connectivity index (χ4v) is 2.78. The Hall–Kier alpha value is -1.06. The molecule has 1 unspecified atom stereocenters. The van der Waals surface area contributed by atoms with Crippen LogP contribution < -0.4 is 10.6 Å². The van der Waals surface area contributed by atoms with Crippen molar-refractivity contribution in [3.63, 3.8) is 0 Å². The topological polar surface area (TPSA) is 61.6 Å². The molecule has 0 aliphatic rings. The monoisotopic (exact) mass is 434 g/mol. The summed E-state index contributed by atoms with van der Waals surface area (Å²) < 4.78 is 2.01. The van der Waals surface area contributed by atoms with Crippen LogP contribution in [-0.4, -0.2) is 29.2 Å². The summed E-state index contributed by atoms with van der Waals surface area (Å²) in [5.41, 5.74) is 1.19. The van der Waals surface area contributed by atoms with Gasteiger partial charge in [-0.05, 0) is 40.9 Å². The van der Waals surface area contributed by atoms with Crippen LogP contribution in [0.15, 0.2) is 40.3 Å². The number of aromatic nitrogens is 1. The zero-order valence-corrected chi connectivity index (χ0v) is 16.2. The van der Waals surface area contributed by atoms with Gasteiger partial charge in [0.25, 0.3) is 0 Å². The van der Waals surface area contributed by atoms with Gasteiger partial charge in [0.05, 0.1) is 6.54 Å². The van der Waals surface area contributed by atoms with E-state index in [9.17, 15) is 5.11 Å². The van der Waals surface area contributed by atoms with E-state index in [4.69, 9.17) is 0 Å². The fourth-order valence-electron chi connectivity index (χ4n) is 2.00. The minimum Gasteiger partial charge on any atom is -0.384 e. The van der Waals surface area contributed by atoms with Crippen molar-refractivity contribution >= 4 is 41.3 Å². The Morgan fingerprint density at radius 1 is 1.41 bits per heavy atom. The average Bonchev–Trinajstić information content (AvgIpc) is 3.10. The summed E-state index contributed by atoms with van der Waals surface area (Å²) in [5.74, 6) is 0.675. The summed E-state index contributed by atoms with van der Waals surface area (Å²) in [5, 5.41) is 20.8. The lowest BCUT2D eigenvalue weighted by Crippen LogP contribution is -2.44. The van der Waals surface area contributed by atoms with E-state index in [-0.39, 0.29) is 24.0 Å². The lowest BCUT2D eigenvalue weighted by molar-refractivity contribution is 0.0621. The van der Waals surface area contributed by atoms with Gasteiger partial charge >= 0.3 is 0 Å². The predicted molar refractivity (Wildman–Crippen MR) is 103 cm³/mol. The highest BCUT2D eigenvalue weighted by Gasteiger charge is 2.23. The first-order chi connectivity index (χ1) is 10.0. The molecule has 0 aromatic carbocycles. The van der Waals surface area contributed by atoms with Crippen LogP contribution in [0, 0.1) is 0 Å². The summed E-state index contributed by atoms with van der Waals surface area (Å²) in [6, 6.07) is 3.99. The van der Waals surface area contributed by atoms with Gasteiger partial charge in [0.2, 0.25) is 0 Å². The number of rotatable bonds is 5. The molecule has 2 aromatic rings. The van der Waals surface area contributed by atoms with E-state index >= 15 is 0 Å². The maximum atomic E-state index is 10.5. The number of aliphatic hydroxyl groups is 1. The van der Waals surface area contributed by atoms with Gasteiger partial charge in [-0.25, -0.2) is 0 Å².